The van der Waals surface area contributed by atoms with Crippen molar-refractivity contribution in [2.24, 2.45) is 11.7 Å². The van der Waals surface area contributed by atoms with E-state index in [0.29, 0.717) is 39.0 Å². The first-order valence-corrected chi connectivity index (χ1v) is 7.93. The average Bonchev–Trinajstić information content (AvgIpc) is 2.98. The van der Waals surface area contributed by atoms with Gasteiger partial charge in [-0.15, -0.1) is 11.3 Å². The standard InChI is InChI=1S/C14H21N3O3S/c15-14(20)13(19)10-3-5-17(6-4-10)9-12(18)16-8-11-2-1-7-21-11/h1-2,7,10,13,19H,3-6,8-9H2,(H2,15,20)(H,16,18)/t13-/m1/s1. The lowest BCUT2D eigenvalue weighted by molar-refractivity contribution is -0.130. The summed E-state index contributed by atoms with van der Waals surface area (Å²) in [5.41, 5.74) is 5.10. The van der Waals surface area contributed by atoms with Crippen LogP contribution in [0.25, 0.3) is 0 Å². The van der Waals surface area contributed by atoms with Crippen molar-refractivity contribution in [1.29, 1.82) is 0 Å². The maximum absolute atomic E-state index is 11.9. The molecular formula is C14H21N3O3S. The van der Waals surface area contributed by atoms with Gasteiger partial charge in [0.05, 0.1) is 13.1 Å². The summed E-state index contributed by atoms with van der Waals surface area (Å²) < 4.78 is 0. The lowest BCUT2D eigenvalue weighted by atomic mass is 9.91. The van der Waals surface area contributed by atoms with Gasteiger partial charge in [-0.25, -0.2) is 0 Å². The monoisotopic (exact) mass is 311 g/mol. The molecule has 1 saturated heterocycles. The fraction of sp³-hybridized carbons (Fsp3) is 0.571. The van der Waals surface area contributed by atoms with Crippen molar-refractivity contribution < 1.29 is 14.7 Å². The number of amides is 2. The van der Waals surface area contributed by atoms with Crippen LogP contribution >= 0.6 is 11.3 Å². The van der Waals surface area contributed by atoms with E-state index >= 15 is 0 Å². The van der Waals surface area contributed by atoms with Crippen molar-refractivity contribution in [1.82, 2.24) is 10.2 Å². The molecule has 1 aliphatic rings. The molecule has 1 atom stereocenters. The Morgan fingerprint density at radius 2 is 2.19 bits per heavy atom. The smallest absolute Gasteiger partial charge is 0.246 e. The minimum absolute atomic E-state index is 0.00250. The van der Waals surface area contributed by atoms with Crippen LogP contribution in [0.5, 0.6) is 0 Å². The molecule has 1 aromatic rings. The number of primary amides is 1. The number of aliphatic hydroxyl groups is 1. The van der Waals surface area contributed by atoms with Gasteiger partial charge in [-0.3, -0.25) is 14.5 Å². The first kappa shape index (κ1) is 15.9. The number of nitrogens with two attached hydrogens (primary N) is 1. The zero-order chi connectivity index (χ0) is 15.2. The van der Waals surface area contributed by atoms with Crippen LogP contribution in [0, 0.1) is 5.92 Å². The van der Waals surface area contributed by atoms with Crippen LogP contribution in [0.3, 0.4) is 0 Å². The van der Waals surface area contributed by atoms with Gasteiger partial charge in [0, 0.05) is 4.88 Å². The number of hydrogen-bond donors (Lipinski definition) is 3. The normalized spacial score (nSPS) is 18.3. The number of hydrogen-bond acceptors (Lipinski definition) is 5. The molecule has 0 aliphatic carbocycles. The summed E-state index contributed by atoms with van der Waals surface area (Å²) in [5.74, 6) is -0.757. The Morgan fingerprint density at radius 3 is 2.76 bits per heavy atom. The molecule has 0 aromatic carbocycles. The number of piperidine rings is 1. The molecule has 7 heteroatoms. The Kier molecular flexibility index (Phi) is 5.72. The highest BCUT2D eigenvalue weighted by Crippen LogP contribution is 2.20. The largest absolute Gasteiger partial charge is 0.383 e. The molecule has 0 radical (unpaired) electrons. The third-order valence-corrected chi connectivity index (χ3v) is 4.65. The lowest BCUT2D eigenvalue weighted by Gasteiger charge is -2.32. The van der Waals surface area contributed by atoms with Gasteiger partial charge in [-0.2, -0.15) is 0 Å². The SMILES string of the molecule is NC(=O)[C@H](O)C1CCN(CC(=O)NCc2cccs2)CC1. The molecular weight excluding hydrogens is 290 g/mol. The van der Waals surface area contributed by atoms with Gasteiger partial charge >= 0.3 is 0 Å². The summed E-state index contributed by atoms with van der Waals surface area (Å²) in [6, 6.07) is 3.95. The molecule has 2 amide bonds. The van der Waals surface area contributed by atoms with E-state index in [2.05, 4.69) is 5.32 Å². The van der Waals surface area contributed by atoms with Crippen LogP contribution in [0.15, 0.2) is 17.5 Å². The maximum Gasteiger partial charge on any atom is 0.246 e. The van der Waals surface area contributed by atoms with E-state index in [1.807, 2.05) is 22.4 Å². The zero-order valence-electron chi connectivity index (χ0n) is 11.8. The Hall–Kier alpha value is -1.44. The molecule has 6 nitrogen and oxygen atoms in total. The average molecular weight is 311 g/mol. The molecule has 0 spiro atoms. The van der Waals surface area contributed by atoms with E-state index in [4.69, 9.17) is 5.73 Å². The van der Waals surface area contributed by atoms with Gasteiger partial charge < -0.3 is 16.2 Å². The lowest BCUT2D eigenvalue weighted by Crippen LogP contribution is -2.45. The Labute approximate surface area is 127 Å². The summed E-state index contributed by atoms with van der Waals surface area (Å²) in [4.78, 5) is 26.0. The third-order valence-electron chi connectivity index (χ3n) is 3.78. The summed E-state index contributed by atoms with van der Waals surface area (Å²) in [6.45, 7) is 2.31. The van der Waals surface area contributed by atoms with Gasteiger partial charge in [-0.05, 0) is 43.3 Å². The fourth-order valence-corrected chi connectivity index (χ4v) is 3.16. The second-order valence-electron chi connectivity index (χ2n) is 5.32. The minimum atomic E-state index is -1.07. The van der Waals surface area contributed by atoms with Crippen LogP contribution in [0.4, 0.5) is 0 Å². The van der Waals surface area contributed by atoms with Crippen LogP contribution in [-0.2, 0) is 16.1 Å². The van der Waals surface area contributed by atoms with Crippen LogP contribution in [-0.4, -0.2) is 47.6 Å². The van der Waals surface area contributed by atoms with Crippen LogP contribution in [0.2, 0.25) is 0 Å². The van der Waals surface area contributed by atoms with Crippen molar-refractivity contribution in [2.45, 2.75) is 25.5 Å². The van der Waals surface area contributed by atoms with Crippen LogP contribution in [0.1, 0.15) is 17.7 Å². The Bertz CT molecular complexity index is 470. The first-order chi connectivity index (χ1) is 10.1. The minimum Gasteiger partial charge on any atom is -0.383 e. The number of nitrogens with zero attached hydrogens (tertiary/aromatic N) is 1. The molecule has 2 rings (SSSR count). The molecule has 0 saturated carbocycles. The number of thiophene rings is 1. The van der Waals surface area contributed by atoms with E-state index in [-0.39, 0.29) is 11.8 Å². The Morgan fingerprint density at radius 1 is 1.48 bits per heavy atom. The van der Waals surface area contributed by atoms with E-state index in [0.717, 1.165) is 4.88 Å². The van der Waals surface area contributed by atoms with E-state index in [1.165, 1.54) is 0 Å². The second kappa shape index (κ2) is 7.53. The predicted molar refractivity (Wildman–Crippen MR) is 80.5 cm³/mol. The molecule has 0 unspecified atom stereocenters. The van der Waals surface area contributed by atoms with Gasteiger partial charge in [0.25, 0.3) is 0 Å². The van der Waals surface area contributed by atoms with Gasteiger partial charge in [-0.1, -0.05) is 6.07 Å². The van der Waals surface area contributed by atoms with Crippen molar-refractivity contribution in [3.05, 3.63) is 22.4 Å². The topological polar surface area (TPSA) is 95.7 Å². The van der Waals surface area contributed by atoms with E-state index in [1.54, 1.807) is 11.3 Å². The number of carbonyl (C=O) groups is 2. The molecule has 1 aromatic heterocycles. The van der Waals surface area contributed by atoms with Gasteiger partial charge in [0.15, 0.2) is 0 Å². The number of likely N-dealkylation sites (tertiary alicyclic amines) is 1. The van der Waals surface area contributed by atoms with Crippen molar-refractivity contribution in [3.8, 4) is 0 Å². The van der Waals surface area contributed by atoms with E-state index in [9.17, 15) is 14.7 Å². The Balaban J connectivity index is 1.68. The van der Waals surface area contributed by atoms with Gasteiger partial charge in [0.2, 0.25) is 11.8 Å². The summed E-state index contributed by atoms with van der Waals surface area (Å²) in [6.07, 6.45) is 0.296. The molecule has 2 heterocycles. The summed E-state index contributed by atoms with van der Waals surface area (Å²) >= 11 is 1.62. The highest BCUT2D eigenvalue weighted by molar-refractivity contribution is 7.09. The number of nitrogens with one attached hydrogen (secondary N) is 1. The second-order valence-corrected chi connectivity index (χ2v) is 6.35. The van der Waals surface area contributed by atoms with Crippen molar-refractivity contribution in [3.63, 3.8) is 0 Å². The zero-order valence-corrected chi connectivity index (χ0v) is 12.6. The van der Waals surface area contributed by atoms with Gasteiger partial charge in [0.1, 0.15) is 6.10 Å². The van der Waals surface area contributed by atoms with Crippen molar-refractivity contribution >= 4 is 23.2 Å². The highest BCUT2D eigenvalue weighted by atomic mass is 32.1. The molecule has 1 fully saturated rings. The molecule has 1 aliphatic heterocycles. The predicted octanol–water partition coefficient (Wildman–Crippen LogP) is -0.0775. The van der Waals surface area contributed by atoms with E-state index < -0.39 is 12.0 Å². The number of carbonyl (C=O) groups excluding carboxylic acids is 2. The summed E-state index contributed by atoms with van der Waals surface area (Å²) in [7, 11) is 0. The molecule has 4 N–H and O–H groups in total. The number of aliphatic hydroxyl groups excluding tert-OH is 1. The fourth-order valence-electron chi connectivity index (χ4n) is 2.52. The van der Waals surface area contributed by atoms with Crippen LogP contribution < -0.4 is 11.1 Å². The molecule has 0 bridgehead atoms. The molecule has 116 valence electrons. The third kappa shape index (κ3) is 4.80. The summed E-state index contributed by atoms with van der Waals surface area (Å²) in [5, 5.41) is 14.5. The maximum atomic E-state index is 11.9. The van der Waals surface area contributed by atoms with Crippen molar-refractivity contribution in [2.75, 3.05) is 19.6 Å². The first-order valence-electron chi connectivity index (χ1n) is 7.05. The number of rotatable bonds is 6. The molecule has 21 heavy (non-hydrogen) atoms. The quantitative estimate of drug-likeness (QED) is 0.685. The highest BCUT2D eigenvalue weighted by Gasteiger charge is 2.28.